The zero-order chi connectivity index (χ0) is 7.94. The van der Waals surface area contributed by atoms with E-state index in [-0.39, 0.29) is 0 Å². The number of unbranched alkanes of at least 4 members (excludes halogenated alkanes) is 1. The molecule has 0 saturated carbocycles. The van der Waals surface area contributed by atoms with Crippen LogP contribution in [0.4, 0.5) is 0 Å². The molecule has 0 amide bonds. The molecule has 1 radical (unpaired) electrons. The van der Waals surface area contributed by atoms with E-state index < -0.39 is 0 Å². The fourth-order valence-electron chi connectivity index (χ4n) is 1.35. The maximum atomic E-state index is 6.99. The van der Waals surface area contributed by atoms with Crippen molar-refractivity contribution < 1.29 is 0 Å². The summed E-state index contributed by atoms with van der Waals surface area (Å²) in [5, 5.41) is 0. The predicted molar refractivity (Wildman–Crippen MR) is 47.4 cm³/mol. The van der Waals surface area contributed by atoms with Crippen molar-refractivity contribution in [2.24, 2.45) is 0 Å². The predicted octanol–water partition coefficient (Wildman–Crippen LogP) is 1.31. The van der Waals surface area contributed by atoms with Crippen LogP contribution < -0.4 is 5.73 Å². The highest BCUT2D eigenvalue weighted by Gasteiger charge is 2.03. The lowest BCUT2D eigenvalue weighted by atomic mass is 10.2. The van der Waals surface area contributed by atoms with E-state index in [4.69, 9.17) is 5.73 Å². The third-order valence-corrected chi connectivity index (χ3v) is 2.04. The highest BCUT2D eigenvalue weighted by atomic mass is 15.1. The normalized spacial score (nSPS) is 19.0. The third-order valence-electron chi connectivity index (χ3n) is 2.04. The molecule has 2 nitrogen and oxygen atoms in total. The Balaban J connectivity index is 2.02. The van der Waals surface area contributed by atoms with Crippen molar-refractivity contribution >= 4 is 0 Å². The van der Waals surface area contributed by atoms with Gasteiger partial charge in [-0.05, 0) is 25.8 Å². The second kappa shape index (κ2) is 5.33. The molecule has 0 unspecified atom stereocenters. The summed E-state index contributed by atoms with van der Waals surface area (Å²) in [6.07, 6.45) is 7.95. The monoisotopic (exact) mass is 153 g/mol. The first kappa shape index (κ1) is 8.75. The summed E-state index contributed by atoms with van der Waals surface area (Å²) in [6.45, 7) is 4.11. The first-order valence-electron chi connectivity index (χ1n) is 4.45. The van der Waals surface area contributed by atoms with Gasteiger partial charge in [0, 0.05) is 19.6 Å². The van der Waals surface area contributed by atoms with Crippen molar-refractivity contribution in [3.8, 4) is 0 Å². The molecule has 2 heteroatoms. The Kier molecular flexibility index (Phi) is 4.24. The van der Waals surface area contributed by atoms with Crippen molar-refractivity contribution in [2.75, 3.05) is 26.2 Å². The van der Waals surface area contributed by atoms with Crippen molar-refractivity contribution in [3.05, 3.63) is 12.2 Å². The second-order valence-corrected chi connectivity index (χ2v) is 3.02. The van der Waals surface area contributed by atoms with Crippen molar-refractivity contribution in [1.29, 1.82) is 0 Å². The van der Waals surface area contributed by atoms with Crippen LogP contribution >= 0.6 is 0 Å². The first-order valence-corrected chi connectivity index (χ1v) is 4.45. The SMILES string of the molecule is [NH]CCCCN1CC=CCC1. The van der Waals surface area contributed by atoms with Gasteiger partial charge in [-0.3, -0.25) is 10.6 Å². The van der Waals surface area contributed by atoms with Crippen molar-refractivity contribution in [3.63, 3.8) is 0 Å². The first-order chi connectivity index (χ1) is 5.43. The summed E-state index contributed by atoms with van der Waals surface area (Å²) in [7, 11) is 0. The number of hydrogen-bond donors (Lipinski definition) is 0. The maximum Gasteiger partial charge on any atom is 0.0163 e. The Morgan fingerprint density at radius 3 is 2.82 bits per heavy atom. The molecule has 0 saturated heterocycles. The molecule has 1 aliphatic rings. The van der Waals surface area contributed by atoms with Crippen molar-refractivity contribution in [1.82, 2.24) is 10.6 Å². The van der Waals surface area contributed by atoms with E-state index in [9.17, 15) is 0 Å². The van der Waals surface area contributed by atoms with Gasteiger partial charge in [-0.25, -0.2) is 0 Å². The average molecular weight is 153 g/mol. The van der Waals surface area contributed by atoms with E-state index in [1.165, 1.54) is 25.9 Å². The molecular weight excluding hydrogens is 136 g/mol. The summed E-state index contributed by atoms with van der Waals surface area (Å²) in [4.78, 5) is 2.45. The standard InChI is InChI=1S/C9H17N2/c10-6-2-5-9-11-7-3-1-4-8-11/h1,3,10H,2,4-9H2. The van der Waals surface area contributed by atoms with E-state index in [0.717, 1.165) is 13.0 Å². The molecule has 1 heterocycles. The summed E-state index contributed by atoms with van der Waals surface area (Å²) in [5.74, 6) is 0. The fraction of sp³-hybridized carbons (Fsp3) is 0.778. The largest absolute Gasteiger partial charge is 0.299 e. The Hall–Kier alpha value is -0.340. The molecule has 63 valence electrons. The molecule has 0 spiro atoms. The fourth-order valence-corrected chi connectivity index (χ4v) is 1.35. The topological polar surface area (TPSA) is 27.0 Å². The highest BCUT2D eigenvalue weighted by molar-refractivity contribution is 4.90. The van der Waals surface area contributed by atoms with Gasteiger partial charge < -0.3 is 0 Å². The van der Waals surface area contributed by atoms with Crippen LogP contribution in [0.2, 0.25) is 0 Å². The van der Waals surface area contributed by atoms with E-state index in [0.29, 0.717) is 6.54 Å². The Labute approximate surface area is 69.1 Å². The van der Waals surface area contributed by atoms with Gasteiger partial charge in [-0.1, -0.05) is 12.2 Å². The number of hydrogen-bond acceptors (Lipinski definition) is 1. The van der Waals surface area contributed by atoms with Crippen LogP contribution in [0, 0.1) is 0 Å². The smallest absolute Gasteiger partial charge is 0.0163 e. The minimum atomic E-state index is 0.587. The lowest BCUT2D eigenvalue weighted by molar-refractivity contribution is 0.292. The van der Waals surface area contributed by atoms with Gasteiger partial charge in [0.1, 0.15) is 0 Å². The van der Waals surface area contributed by atoms with Gasteiger partial charge in [0.25, 0.3) is 0 Å². The third kappa shape index (κ3) is 3.54. The van der Waals surface area contributed by atoms with Crippen LogP contribution in [-0.2, 0) is 0 Å². The van der Waals surface area contributed by atoms with E-state index in [1.807, 2.05) is 0 Å². The summed E-state index contributed by atoms with van der Waals surface area (Å²) in [5.41, 5.74) is 6.99. The Morgan fingerprint density at radius 2 is 2.18 bits per heavy atom. The number of nitrogens with one attached hydrogen (secondary N) is 1. The highest BCUT2D eigenvalue weighted by Crippen LogP contribution is 2.02. The minimum Gasteiger partial charge on any atom is -0.299 e. The molecule has 11 heavy (non-hydrogen) atoms. The van der Waals surface area contributed by atoms with Crippen LogP contribution in [-0.4, -0.2) is 31.1 Å². The summed E-state index contributed by atoms with van der Waals surface area (Å²) < 4.78 is 0. The summed E-state index contributed by atoms with van der Waals surface area (Å²) in [6, 6.07) is 0. The summed E-state index contributed by atoms with van der Waals surface area (Å²) >= 11 is 0. The van der Waals surface area contributed by atoms with Crippen LogP contribution in [0.5, 0.6) is 0 Å². The number of nitrogens with zero attached hydrogens (tertiary/aromatic N) is 1. The average Bonchev–Trinajstić information content (AvgIpc) is 2.07. The molecule has 0 aromatic heterocycles. The van der Waals surface area contributed by atoms with Gasteiger partial charge >= 0.3 is 0 Å². The van der Waals surface area contributed by atoms with Crippen molar-refractivity contribution in [2.45, 2.75) is 19.3 Å². The van der Waals surface area contributed by atoms with E-state index in [1.54, 1.807) is 0 Å². The molecule has 0 aliphatic carbocycles. The van der Waals surface area contributed by atoms with Gasteiger partial charge in [0.15, 0.2) is 0 Å². The molecule has 1 aliphatic heterocycles. The molecule has 0 aromatic carbocycles. The van der Waals surface area contributed by atoms with Gasteiger partial charge in [0.05, 0.1) is 0 Å². The zero-order valence-corrected chi connectivity index (χ0v) is 7.05. The molecule has 0 aromatic rings. The molecular formula is C9H17N2. The maximum absolute atomic E-state index is 6.99. The lowest BCUT2D eigenvalue weighted by Crippen LogP contribution is -2.28. The van der Waals surface area contributed by atoms with Crippen LogP contribution in [0.3, 0.4) is 0 Å². The van der Waals surface area contributed by atoms with Crippen LogP contribution in [0.15, 0.2) is 12.2 Å². The number of rotatable bonds is 4. The van der Waals surface area contributed by atoms with Gasteiger partial charge in [0.2, 0.25) is 0 Å². The van der Waals surface area contributed by atoms with E-state index >= 15 is 0 Å². The molecule has 1 rings (SSSR count). The Bertz CT molecular complexity index is 121. The molecule has 0 fully saturated rings. The van der Waals surface area contributed by atoms with Crippen LogP contribution in [0.1, 0.15) is 19.3 Å². The molecule has 1 N–H and O–H groups in total. The molecule has 0 bridgehead atoms. The molecule has 0 atom stereocenters. The zero-order valence-electron chi connectivity index (χ0n) is 7.05. The van der Waals surface area contributed by atoms with E-state index in [2.05, 4.69) is 17.1 Å². The second-order valence-electron chi connectivity index (χ2n) is 3.02. The lowest BCUT2D eigenvalue weighted by Gasteiger charge is -2.22. The Morgan fingerprint density at radius 1 is 1.27 bits per heavy atom. The van der Waals surface area contributed by atoms with Gasteiger partial charge in [-0.15, -0.1) is 0 Å². The quantitative estimate of drug-likeness (QED) is 0.442. The minimum absolute atomic E-state index is 0.587. The van der Waals surface area contributed by atoms with Crippen LogP contribution in [0.25, 0.3) is 0 Å². The van der Waals surface area contributed by atoms with Gasteiger partial charge in [-0.2, -0.15) is 0 Å².